The molecule has 0 saturated heterocycles. The van der Waals surface area contributed by atoms with E-state index in [1.54, 1.807) is 23.0 Å². The second-order valence-electron chi connectivity index (χ2n) is 11.8. The molecule has 0 saturated carbocycles. The highest BCUT2D eigenvalue weighted by molar-refractivity contribution is 6.09. The molecule has 2 amide bonds. The van der Waals surface area contributed by atoms with Crippen molar-refractivity contribution < 1.29 is 19.1 Å². The van der Waals surface area contributed by atoms with Crippen molar-refractivity contribution >= 4 is 29.5 Å². The second kappa shape index (κ2) is 13.2. The molecule has 0 aliphatic carbocycles. The van der Waals surface area contributed by atoms with Gasteiger partial charge in [0.1, 0.15) is 17.0 Å². The average Bonchev–Trinajstić information content (AvgIpc) is 3.08. The fraction of sp³-hybridized carbons (Fsp3) is 0.438. The minimum absolute atomic E-state index is 0.134. The Kier molecular flexibility index (Phi) is 9.67. The molecule has 0 spiro atoms. The van der Waals surface area contributed by atoms with E-state index in [1.807, 2.05) is 106 Å². The quantitative estimate of drug-likeness (QED) is 0.346. The SMILES string of the molecule is CN(CC[C@@H](OCc1cccc(N2CCN(C)c3nc(N(C)C)ncc3C2=O)c1)c1ccccc1)C(=O)OC(C)(C)C. The topological polar surface area (TPSA) is 91.3 Å². The number of benzene rings is 2. The number of anilines is 3. The third-order valence-corrected chi connectivity index (χ3v) is 6.93. The van der Waals surface area contributed by atoms with Gasteiger partial charge in [0, 0.05) is 59.7 Å². The minimum atomic E-state index is -0.555. The standard InChI is InChI=1S/C32H42N6O4/c1-32(2,3)42-31(40)37(7)17-16-27(24-13-9-8-10-14-24)41-22-23-12-11-15-25(20-23)38-19-18-36(6)28-26(29(38)39)21-33-30(34-28)35(4)5/h8-15,20-21,27H,16-19,22H2,1-7H3/t27-/m1/s1. The molecule has 3 aromatic rings. The van der Waals surface area contributed by atoms with Gasteiger partial charge in [-0.1, -0.05) is 42.5 Å². The molecule has 1 atom stereocenters. The highest BCUT2D eigenvalue weighted by Crippen LogP contribution is 2.29. The summed E-state index contributed by atoms with van der Waals surface area (Å²) in [6.45, 7) is 7.52. The maximum Gasteiger partial charge on any atom is 0.410 e. The lowest BCUT2D eigenvalue weighted by Gasteiger charge is -2.26. The number of fused-ring (bicyclic) bond motifs is 1. The molecule has 0 N–H and O–H groups in total. The summed E-state index contributed by atoms with van der Waals surface area (Å²) < 4.78 is 11.9. The zero-order chi connectivity index (χ0) is 30.4. The Labute approximate surface area is 248 Å². The zero-order valence-corrected chi connectivity index (χ0v) is 25.7. The molecule has 10 nitrogen and oxygen atoms in total. The van der Waals surface area contributed by atoms with Gasteiger partial charge in [0.15, 0.2) is 0 Å². The Morgan fingerprint density at radius 1 is 1.05 bits per heavy atom. The Balaban J connectivity index is 1.48. The lowest BCUT2D eigenvalue weighted by atomic mass is 10.1. The molecule has 42 heavy (non-hydrogen) atoms. The van der Waals surface area contributed by atoms with Crippen molar-refractivity contribution in [2.45, 2.75) is 45.5 Å². The van der Waals surface area contributed by atoms with E-state index < -0.39 is 5.60 Å². The van der Waals surface area contributed by atoms with Gasteiger partial charge in [-0.05, 0) is 50.5 Å². The maximum absolute atomic E-state index is 13.6. The normalized spacial score (nSPS) is 14.2. The average molecular weight is 575 g/mol. The van der Waals surface area contributed by atoms with E-state index in [0.717, 1.165) is 16.8 Å². The lowest BCUT2D eigenvalue weighted by Crippen LogP contribution is -2.35. The van der Waals surface area contributed by atoms with Crippen molar-refractivity contribution in [2.24, 2.45) is 0 Å². The minimum Gasteiger partial charge on any atom is -0.444 e. The van der Waals surface area contributed by atoms with E-state index in [2.05, 4.69) is 9.97 Å². The van der Waals surface area contributed by atoms with Gasteiger partial charge in [0.2, 0.25) is 5.95 Å². The predicted octanol–water partition coefficient (Wildman–Crippen LogP) is 5.15. The van der Waals surface area contributed by atoms with E-state index in [1.165, 1.54) is 0 Å². The largest absolute Gasteiger partial charge is 0.444 e. The molecular formula is C32H42N6O4. The summed E-state index contributed by atoms with van der Waals surface area (Å²) >= 11 is 0. The molecule has 1 aliphatic rings. The van der Waals surface area contributed by atoms with Crippen molar-refractivity contribution in [3.8, 4) is 0 Å². The fourth-order valence-corrected chi connectivity index (χ4v) is 4.64. The molecule has 224 valence electrons. The number of ether oxygens (including phenoxy) is 2. The second-order valence-corrected chi connectivity index (χ2v) is 11.8. The highest BCUT2D eigenvalue weighted by Gasteiger charge is 2.28. The lowest BCUT2D eigenvalue weighted by molar-refractivity contribution is 0.0137. The van der Waals surface area contributed by atoms with Gasteiger partial charge >= 0.3 is 6.09 Å². The van der Waals surface area contributed by atoms with Crippen LogP contribution in [0.2, 0.25) is 0 Å². The third-order valence-electron chi connectivity index (χ3n) is 6.93. The molecule has 0 bridgehead atoms. The first-order valence-corrected chi connectivity index (χ1v) is 14.2. The molecule has 2 heterocycles. The number of carbonyl (C=O) groups excluding carboxylic acids is 2. The molecule has 0 unspecified atom stereocenters. The van der Waals surface area contributed by atoms with E-state index in [0.29, 0.717) is 50.0 Å². The monoisotopic (exact) mass is 574 g/mol. The number of nitrogens with zero attached hydrogens (tertiary/aromatic N) is 6. The summed E-state index contributed by atoms with van der Waals surface area (Å²) in [5.41, 5.74) is 2.69. The summed E-state index contributed by atoms with van der Waals surface area (Å²) in [4.78, 5) is 42.3. The van der Waals surface area contributed by atoms with Crippen LogP contribution in [0.5, 0.6) is 0 Å². The van der Waals surface area contributed by atoms with Gasteiger partial charge in [0.25, 0.3) is 5.91 Å². The Morgan fingerprint density at radius 3 is 2.48 bits per heavy atom. The van der Waals surface area contributed by atoms with E-state index in [-0.39, 0.29) is 18.1 Å². The van der Waals surface area contributed by atoms with Crippen molar-refractivity contribution in [1.29, 1.82) is 0 Å². The molecule has 0 fully saturated rings. The van der Waals surface area contributed by atoms with Crippen LogP contribution in [0.1, 0.15) is 54.8 Å². The van der Waals surface area contributed by atoms with Crippen LogP contribution in [-0.2, 0) is 16.1 Å². The van der Waals surface area contributed by atoms with Gasteiger partial charge < -0.3 is 29.1 Å². The summed E-state index contributed by atoms with van der Waals surface area (Å²) in [7, 11) is 7.43. The van der Waals surface area contributed by atoms with E-state index in [4.69, 9.17) is 9.47 Å². The van der Waals surface area contributed by atoms with Gasteiger partial charge in [-0.25, -0.2) is 9.78 Å². The molecule has 10 heteroatoms. The summed E-state index contributed by atoms with van der Waals surface area (Å²) in [5.74, 6) is 1.05. The van der Waals surface area contributed by atoms with Crippen LogP contribution in [0.25, 0.3) is 0 Å². The number of hydrogen-bond acceptors (Lipinski definition) is 8. The van der Waals surface area contributed by atoms with Crippen LogP contribution in [0.15, 0.2) is 60.8 Å². The van der Waals surface area contributed by atoms with Crippen LogP contribution < -0.4 is 14.7 Å². The summed E-state index contributed by atoms with van der Waals surface area (Å²) in [6.07, 6.45) is 1.62. The number of carbonyl (C=O) groups is 2. The van der Waals surface area contributed by atoms with Gasteiger partial charge in [-0.2, -0.15) is 4.98 Å². The van der Waals surface area contributed by atoms with Gasteiger partial charge in [-0.15, -0.1) is 0 Å². The highest BCUT2D eigenvalue weighted by atomic mass is 16.6. The molecule has 2 aromatic carbocycles. The van der Waals surface area contributed by atoms with Crippen molar-refractivity contribution in [2.75, 3.05) is 62.5 Å². The summed E-state index contributed by atoms with van der Waals surface area (Å²) in [6, 6.07) is 17.9. The molecule has 1 aliphatic heterocycles. The number of amides is 2. The summed E-state index contributed by atoms with van der Waals surface area (Å²) in [5, 5.41) is 0. The number of rotatable bonds is 9. The van der Waals surface area contributed by atoms with E-state index in [9.17, 15) is 9.59 Å². The van der Waals surface area contributed by atoms with Crippen LogP contribution in [-0.4, -0.2) is 80.3 Å². The van der Waals surface area contributed by atoms with E-state index >= 15 is 0 Å². The first kappa shape index (κ1) is 30.8. The zero-order valence-electron chi connectivity index (χ0n) is 25.7. The molecule has 4 rings (SSSR count). The number of aromatic nitrogens is 2. The fourth-order valence-electron chi connectivity index (χ4n) is 4.64. The molecule has 1 aromatic heterocycles. The Morgan fingerprint density at radius 2 is 1.79 bits per heavy atom. The Bertz CT molecular complexity index is 1370. The van der Waals surface area contributed by atoms with Crippen LogP contribution >= 0.6 is 0 Å². The predicted molar refractivity (Wildman–Crippen MR) is 165 cm³/mol. The van der Waals surface area contributed by atoms with Gasteiger partial charge in [-0.3, -0.25) is 4.79 Å². The van der Waals surface area contributed by atoms with Crippen molar-refractivity contribution in [3.05, 3.63) is 77.5 Å². The Hall–Kier alpha value is -4.18. The first-order valence-electron chi connectivity index (χ1n) is 14.2. The van der Waals surface area contributed by atoms with Crippen LogP contribution in [0, 0.1) is 0 Å². The number of likely N-dealkylation sites (N-methyl/N-ethyl adjacent to an activating group) is 1. The van der Waals surface area contributed by atoms with Crippen molar-refractivity contribution in [1.82, 2.24) is 14.9 Å². The molecule has 0 radical (unpaired) electrons. The van der Waals surface area contributed by atoms with Crippen LogP contribution in [0.4, 0.5) is 22.2 Å². The number of hydrogen-bond donors (Lipinski definition) is 0. The molecular weight excluding hydrogens is 532 g/mol. The maximum atomic E-state index is 13.6. The smallest absolute Gasteiger partial charge is 0.410 e. The van der Waals surface area contributed by atoms with Crippen molar-refractivity contribution in [3.63, 3.8) is 0 Å². The first-order chi connectivity index (χ1) is 19.9. The van der Waals surface area contributed by atoms with Crippen LogP contribution in [0.3, 0.4) is 0 Å². The van der Waals surface area contributed by atoms with Gasteiger partial charge in [0.05, 0.1) is 12.7 Å². The third kappa shape index (κ3) is 7.76.